The standard InChI is InChI=1S/C13H24F3N3/c14-13(15,16)11-19-6-2-1-3-12(10-19)9-18-7-4-17-5-8-18/h12,17H,1-11H2. The molecule has 2 saturated heterocycles. The van der Waals surface area contributed by atoms with E-state index >= 15 is 0 Å². The molecule has 0 spiro atoms. The van der Waals surface area contributed by atoms with E-state index in [2.05, 4.69) is 10.2 Å². The molecule has 2 aliphatic heterocycles. The Labute approximate surface area is 113 Å². The third-order valence-electron chi connectivity index (χ3n) is 3.98. The summed E-state index contributed by atoms with van der Waals surface area (Å²) in [5, 5.41) is 3.30. The Kier molecular flexibility index (Phi) is 5.47. The molecule has 2 rings (SSSR count). The zero-order valence-corrected chi connectivity index (χ0v) is 11.4. The highest BCUT2D eigenvalue weighted by atomic mass is 19.4. The number of piperazine rings is 1. The van der Waals surface area contributed by atoms with Gasteiger partial charge in [-0.2, -0.15) is 13.2 Å². The molecule has 1 N–H and O–H groups in total. The van der Waals surface area contributed by atoms with Gasteiger partial charge in [-0.05, 0) is 25.3 Å². The third-order valence-corrected chi connectivity index (χ3v) is 3.98. The van der Waals surface area contributed by atoms with Crippen LogP contribution in [0.15, 0.2) is 0 Å². The maximum atomic E-state index is 12.5. The lowest BCUT2D eigenvalue weighted by molar-refractivity contribution is -0.146. The van der Waals surface area contributed by atoms with Crippen LogP contribution in [0.5, 0.6) is 0 Å². The molecule has 6 heteroatoms. The molecule has 0 aromatic heterocycles. The van der Waals surface area contributed by atoms with Gasteiger partial charge >= 0.3 is 6.18 Å². The second-order valence-electron chi connectivity index (χ2n) is 5.76. The number of likely N-dealkylation sites (tertiary alicyclic amines) is 1. The normalized spacial score (nSPS) is 28.3. The summed E-state index contributed by atoms with van der Waals surface area (Å²) in [7, 11) is 0. The van der Waals surface area contributed by atoms with Gasteiger partial charge in [0.25, 0.3) is 0 Å². The predicted molar refractivity (Wildman–Crippen MR) is 69.1 cm³/mol. The molecule has 0 radical (unpaired) electrons. The minimum absolute atomic E-state index is 0.392. The van der Waals surface area contributed by atoms with Crippen molar-refractivity contribution in [3.63, 3.8) is 0 Å². The molecule has 1 unspecified atom stereocenters. The molecule has 0 amide bonds. The molecule has 1 atom stereocenters. The van der Waals surface area contributed by atoms with Gasteiger partial charge in [0.05, 0.1) is 6.54 Å². The lowest BCUT2D eigenvalue weighted by atomic mass is 10.0. The molecule has 2 heterocycles. The second kappa shape index (κ2) is 6.90. The summed E-state index contributed by atoms with van der Waals surface area (Å²) < 4.78 is 37.5. The average molecular weight is 279 g/mol. The SMILES string of the molecule is FC(F)(F)CN1CCCCC(CN2CCNCC2)C1. The fraction of sp³-hybridized carbons (Fsp3) is 1.00. The van der Waals surface area contributed by atoms with Crippen molar-refractivity contribution >= 4 is 0 Å². The first kappa shape index (κ1) is 15.1. The lowest BCUT2D eigenvalue weighted by Crippen LogP contribution is -2.47. The quantitative estimate of drug-likeness (QED) is 0.846. The molecule has 0 aromatic carbocycles. The van der Waals surface area contributed by atoms with Gasteiger partial charge in [0, 0.05) is 39.3 Å². The zero-order valence-electron chi connectivity index (χ0n) is 11.4. The number of alkyl halides is 3. The second-order valence-corrected chi connectivity index (χ2v) is 5.76. The van der Waals surface area contributed by atoms with Crippen LogP contribution in [0.4, 0.5) is 13.2 Å². The van der Waals surface area contributed by atoms with Crippen LogP contribution in [0.25, 0.3) is 0 Å². The maximum absolute atomic E-state index is 12.5. The fourth-order valence-electron chi connectivity index (χ4n) is 3.12. The van der Waals surface area contributed by atoms with Crippen molar-refractivity contribution in [1.82, 2.24) is 15.1 Å². The summed E-state index contributed by atoms with van der Waals surface area (Å²) in [5.74, 6) is 0.392. The topological polar surface area (TPSA) is 18.5 Å². The van der Waals surface area contributed by atoms with Crippen molar-refractivity contribution in [2.75, 3.05) is 52.4 Å². The van der Waals surface area contributed by atoms with Gasteiger partial charge < -0.3 is 10.2 Å². The number of halogens is 3. The van der Waals surface area contributed by atoms with Crippen molar-refractivity contribution in [2.24, 2.45) is 5.92 Å². The largest absolute Gasteiger partial charge is 0.401 e. The summed E-state index contributed by atoms with van der Waals surface area (Å²) in [6.45, 7) is 5.45. The minimum Gasteiger partial charge on any atom is -0.314 e. The van der Waals surface area contributed by atoms with Crippen LogP contribution in [0.1, 0.15) is 19.3 Å². The van der Waals surface area contributed by atoms with Crippen LogP contribution in [0.2, 0.25) is 0 Å². The van der Waals surface area contributed by atoms with Crippen LogP contribution >= 0.6 is 0 Å². The molecule has 0 bridgehead atoms. The van der Waals surface area contributed by atoms with Crippen molar-refractivity contribution in [3.8, 4) is 0 Å². The summed E-state index contributed by atoms with van der Waals surface area (Å²) >= 11 is 0. The van der Waals surface area contributed by atoms with Gasteiger partial charge in [-0.1, -0.05) is 6.42 Å². The van der Waals surface area contributed by atoms with E-state index in [9.17, 15) is 13.2 Å². The van der Waals surface area contributed by atoms with Crippen LogP contribution in [0.3, 0.4) is 0 Å². The smallest absolute Gasteiger partial charge is 0.314 e. The Hall–Kier alpha value is -0.330. The molecule has 19 heavy (non-hydrogen) atoms. The first-order valence-electron chi connectivity index (χ1n) is 7.25. The third kappa shape index (κ3) is 5.67. The predicted octanol–water partition coefficient (Wildman–Crippen LogP) is 1.56. The summed E-state index contributed by atoms with van der Waals surface area (Å²) in [6, 6.07) is 0. The van der Waals surface area contributed by atoms with Crippen LogP contribution < -0.4 is 5.32 Å². The van der Waals surface area contributed by atoms with Gasteiger partial charge in [0.1, 0.15) is 0 Å². The number of rotatable bonds is 3. The number of hydrogen-bond acceptors (Lipinski definition) is 3. The molecule has 0 aromatic rings. The van der Waals surface area contributed by atoms with Crippen LogP contribution in [-0.4, -0.2) is 68.3 Å². The average Bonchev–Trinajstić information content (AvgIpc) is 2.53. The van der Waals surface area contributed by atoms with Crippen molar-refractivity contribution in [1.29, 1.82) is 0 Å². The van der Waals surface area contributed by atoms with Crippen LogP contribution in [-0.2, 0) is 0 Å². The molecule has 0 aliphatic carbocycles. The van der Waals surface area contributed by atoms with E-state index in [0.717, 1.165) is 52.0 Å². The fourth-order valence-corrected chi connectivity index (χ4v) is 3.12. The van der Waals surface area contributed by atoms with E-state index in [-0.39, 0.29) is 0 Å². The highest BCUT2D eigenvalue weighted by Gasteiger charge is 2.32. The highest BCUT2D eigenvalue weighted by molar-refractivity contribution is 4.77. The molecule has 0 saturated carbocycles. The number of hydrogen-bond donors (Lipinski definition) is 1. The molecule has 2 fully saturated rings. The number of nitrogens with one attached hydrogen (secondary N) is 1. The van der Waals surface area contributed by atoms with Gasteiger partial charge in [-0.15, -0.1) is 0 Å². The zero-order chi connectivity index (χ0) is 13.7. The van der Waals surface area contributed by atoms with Crippen molar-refractivity contribution in [2.45, 2.75) is 25.4 Å². The Morgan fingerprint density at radius 2 is 1.74 bits per heavy atom. The summed E-state index contributed by atoms with van der Waals surface area (Å²) in [6.07, 6.45) is -1.04. The summed E-state index contributed by atoms with van der Waals surface area (Å²) in [4.78, 5) is 3.98. The molecule has 3 nitrogen and oxygen atoms in total. The Morgan fingerprint density at radius 1 is 1.00 bits per heavy atom. The Morgan fingerprint density at radius 3 is 2.42 bits per heavy atom. The monoisotopic (exact) mass is 279 g/mol. The first-order chi connectivity index (χ1) is 9.03. The molecule has 2 aliphatic rings. The van der Waals surface area contributed by atoms with Crippen molar-refractivity contribution < 1.29 is 13.2 Å². The van der Waals surface area contributed by atoms with Crippen molar-refractivity contribution in [3.05, 3.63) is 0 Å². The van der Waals surface area contributed by atoms with E-state index in [1.165, 1.54) is 0 Å². The van der Waals surface area contributed by atoms with E-state index in [1.807, 2.05) is 0 Å². The van der Waals surface area contributed by atoms with Crippen LogP contribution in [0, 0.1) is 5.92 Å². The van der Waals surface area contributed by atoms with Gasteiger partial charge in [0.2, 0.25) is 0 Å². The van der Waals surface area contributed by atoms with E-state index in [0.29, 0.717) is 19.0 Å². The lowest BCUT2D eigenvalue weighted by Gasteiger charge is -2.32. The maximum Gasteiger partial charge on any atom is 0.401 e. The van der Waals surface area contributed by atoms with E-state index < -0.39 is 12.7 Å². The van der Waals surface area contributed by atoms with E-state index in [1.54, 1.807) is 4.90 Å². The Bertz CT molecular complexity index is 264. The molecular formula is C13H24F3N3. The first-order valence-corrected chi connectivity index (χ1v) is 7.25. The molecular weight excluding hydrogens is 255 g/mol. The van der Waals surface area contributed by atoms with Gasteiger partial charge in [-0.3, -0.25) is 4.90 Å². The summed E-state index contributed by atoms with van der Waals surface area (Å²) in [5.41, 5.74) is 0. The molecule has 112 valence electrons. The van der Waals surface area contributed by atoms with Gasteiger partial charge in [0.15, 0.2) is 0 Å². The Balaban J connectivity index is 1.81. The number of nitrogens with zero attached hydrogens (tertiary/aromatic N) is 2. The minimum atomic E-state index is -4.07. The van der Waals surface area contributed by atoms with Gasteiger partial charge in [-0.25, -0.2) is 0 Å². The highest BCUT2D eigenvalue weighted by Crippen LogP contribution is 2.22. The van der Waals surface area contributed by atoms with E-state index in [4.69, 9.17) is 0 Å².